The maximum atomic E-state index is 9.36. The van der Waals surface area contributed by atoms with E-state index >= 15 is 0 Å². The van der Waals surface area contributed by atoms with Crippen LogP contribution in [0.15, 0.2) is 10.6 Å². The Bertz CT molecular complexity index is 194. The molecule has 1 aliphatic rings. The molecule has 76 valence electrons. The topological polar surface area (TPSA) is 23.5 Å². The van der Waals surface area contributed by atoms with Crippen LogP contribution in [0.5, 0.6) is 0 Å². The lowest BCUT2D eigenvalue weighted by atomic mass is 10.0. The van der Waals surface area contributed by atoms with Gasteiger partial charge >= 0.3 is 0 Å². The van der Waals surface area contributed by atoms with E-state index in [-0.39, 0.29) is 6.10 Å². The second-order valence-corrected chi connectivity index (χ2v) is 4.28. The summed E-state index contributed by atoms with van der Waals surface area (Å²) < 4.78 is 0. The summed E-state index contributed by atoms with van der Waals surface area (Å²) in [5.41, 5.74) is 1.40. The molecule has 0 radical (unpaired) electrons. The van der Waals surface area contributed by atoms with Gasteiger partial charge in [-0.05, 0) is 25.8 Å². The van der Waals surface area contributed by atoms with Gasteiger partial charge in [0.2, 0.25) is 0 Å². The molecule has 2 nitrogen and oxygen atoms in total. The molecule has 0 aliphatic carbocycles. The predicted octanol–water partition coefficient (Wildman–Crippen LogP) is 2.01. The predicted molar refractivity (Wildman–Crippen MR) is 56.0 cm³/mol. The molecule has 1 aliphatic heterocycles. The molecule has 1 rings (SSSR count). The summed E-state index contributed by atoms with van der Waals surface area (Å²) in [7, 11) is 0. The van der Waals surface area contributed by atoms with Gasteiger partial charge < -0.3 is 5.11 Å². The fraction of sp³-hybridized carbons (Fsp3) is 0.778. The highest BCUT2D eigenvalue weighted by atomic mass is 35.5. The average molecular weight is 224 g/mol. The maximum Gasteiger partial charge on any atom is 0.0552 e. The van der Waals surface area contributed by atoms with Crippen molar-refractivity contribution in [1.29, 1.82) is 0 Å². The van der Waals surface area contributed by atoms with E-state index in [1.165, 1.54) is 5.54 Å². The van der Waals surface area contributed by atoms with E-state index in [1.54, 1.807) is 0 Å². The van der Waals surface area contributed by atoms with Gasteiger partial charge in [-0.3, -0.25) is 4.90 Å². The summed E-state index contributed by atoms with van der Waals surface area (Å²) in [6, 6.07) is 0. The highest BCUT2D eigenvalue weighted by Gasteiger charge is 2.25. The Kier molecular flexibility index (Phi) is 4.53. The smallest absolute Gasteiger partial charge is 0.0552 e. The number of hydrogen-bond acceptors (Lipinski definition) is 2. The van der Waals surface area contributed by atoms with Gasteiger partial charge in [-0.2, -0.15) is 0 Å². The molecule has 0 aromatic carbocycles. The van der Waals surface area contributed by atoms with Crippen LogP contribution >= 0.6 is 23.2 Å². The van der Waals surface area contributed by atoms with Gasteiger partial charge in [0, 0.05) is 23.7 Å². The van der Waals surface area contributed by atoms with Crippen molar-refractivity contribution in [1.82, 2.24) is 4.90 Å². The summed E-state index contributed by atoms with van der Waals surface area (Å²) in [6.07, 6.45) is 0.827. The Morgan fingerprint density at radius 1 is 1.77 bits per heavy atom. The molecule has 1 fully saturated rings. The lowest BCUT2D eigenvalue weighted by Crippen LogP contribution is -2.25. The first-order valence-electron chi connectivity index (χ1n) is 4.48. The van der Waals surface area contributed by atoms with Crippen molar-refractivity contribution in [3.05, 3.63) is 10.6 Å². The van der Waals surface area contributed by atoms with Crippen LogP contribution in [-0.4, -0.2) is 35.7 Å². The van der Waals surface area contributed by atoms with E-state index in [4.69, 9.17) is 23.2 Å². The van der Waals surface area contributed by atoms with Gasteiger partial charge in [0.05, 0.1) is 6.10 Å². The van der Waals surface area contributed by atoms with Gasteiger partial charge in [-0.15, -0.1) is 0 Å². The molecule has 0 saturated carbocycles. The van der Waals surface area contributed by atoms with E-state index in [2.05, 4.69) is 4.90 Å². The van der Waals surface area contributed by atoms with E-state index in [0.717, 1.165) is 19.5 Å². The van der Waals surface area contributed by atoms with Crippen molar-refractivity contribution in [2.24, 2.45) is 5.92 Å². The second kappa shape index (κ2) is 5.20. The number of rotatable bonds is 3. The first-order chi connectivity index (χ1) is 6.13. The Hall–Kier alpha value is 0.240. The normalized spacial score (nSPS) is 28.0. The summed E-state index contributed by atoms with van der Waals surface area (Å²) in [6.45, 7) is 4.45. The lowest BCUT2D eigenvalue weighted by Gasteiger charge is -2.16. The Morgan fingerprint density at radius 3 is 2.92 bits per heavy atom. The zero-order valence-electron chi connectivity index (χ0n) is 7.71. The molecule has 1 heterocycles. The second-order valence-electron chi connectivity index (χ2n) is 3.58. The molecular weight excluding hydrogens is 209 g/mol. The van der Waals surface area contributed by atoms with Crippen LogP contribution in [0, 0.1) is 5.92 Å². The van der Waals surface area contributed by atoms with E-state index in [9.17, 15) is 5.11 Å². The first-order valence-corrected chi connectivity index (χ1v) is 5.30. The average Bonchev–Trinajstić information content (AvgIpc) is 2.52. The molecule has 2 unspecified atom stereocenters. The minimum absolute atomic E-state index is 0.219. The summed E-state index contributed by atoms with van der Waals surface area (Å²) in [5, 5.41) is 10.0. The van der Waals surface area contributed by atoms with Crippen molar-refractivity contribution >= 4 is 23.2 Å². The third-order valence-electron chi connectivity index (χ3n) is 2.48. The van der Waals surface area contributed by atoms with Crippen molar-refractivity contribution in [3.8, 4) is 0 Å². The SMILES string of the molecule is CC(O)C1CCN(CC(Cl)=CCl)C1. The van der Waals surface area contributed by atoms with Gasteiger partial charge in [0.15, 0.2) is 0 Å². The fourth-order valence-corrected chi connectivity index (χ4v) is 1.89. The van der Waals surface area contributed by atoms with Crippen molar-refractivity contribution in [2.75, 3.05) is 19.6 Å². The first kappa shape index (κ1) is 11.3. The molecule has 0 aromatic heterocycles. The van der Waals surface area contributed by atoms with Gasteiger partial charge in [-0.25, -0.2) is 0 Å². The van der Waals surface area contributed by atoms with E-state index in [1.807, 2.05) is 6.92 Å². The van der Waals surface area contributed by atoms with Crippen LogP contribution in [0.3, 0.4) is 0 Å². The minimum atomic E-state index is -0.219. The minimum Gasteiger partial charge on any atom is -0.393 e. The molecule has 1 saturated heterocycles. The van der Waals surface area contributed by atoms with Crippen LogP contribution in [0.2, 0.25) is 0 Å². The molecule has 4 heteroatoms. The van der Waals surface area contributed by atoms with Crippen LogP contribution in [0.4, 0.5) is 0 Å². The van der Waals surface area contributed by atoms with Crippen molar-refractivity contribution in [2.45, 2.75) is 19.4 Å². The lowest BCUT2D eigenvalue weighted by molar-refractivity contribution is 0.129. The number of aliphatic hydroxyl groups excluding tert-OH is 1. The molecule has 0 aromatic rings. The monoisotopic (exact) mass is 223 g/mol. The summed E-state index contributed by atoms with van der Waals surface area (Å²) in [5.74, 6) is 0.389. The van der Waals surface area contributed by atoms with Gasteiger partial charge in [0.1, 0.15) is 0 Å². The van der Waals surface area contributed by atoms with E-state index < -0.39 is 0 Å². The quantitative estimate of drug-likeness (QED) is 0.792. The molecule has 1 N–H and O–H groups in total. The highest BCUT2D eigenvalue weighted by molar-refractivity contribution is 6.36. The van der Waals surface area contributed by atoms with Crippen molar-refractivity contribution in [3.63, 3.8) is 0 Å². The number of halogens is 2. The molecule has 13 heavy (non-hydrogen) atoms. The highest BCUT2D eigenvalue weighted by Crippen LogP contribution is 2.21. The molecule has 0 bridgehead atoms. The number of aliphatic hydroxyl groups is 1. The van der Waals surface area contributed by atoms with Crippen molar-refractivity contribution < 1.29 is 5.11 Å². The Morgan fingerprint density at radius 2 is 2.46 bits per heavy atom. The largest absolute Gasteiger partial charge is 0.393 e. The number of nitrogens with zero attached hydrogens (tertiary/aromatic N) is 1. The maximum absolute atomic E-state index is 9.36. The fourth-order valence-electron chi connectivity index (χ4n) is 1.65. The van der Waals surface area contributed by atoms with Crippen LogP contribution in [0.1, 0.15) is 13.3 Å². The zero-order valence-corrected chi connectivity index (χ0v) is 9.22. The van der Waals surface area contributed by atoms with E-state index in [0.29, 0.717) is 17.5 Å². The molecule has 0 amide bonds. The third kappa shape index (κ3) is 3.47. The summed E-state index contributed by atoms with van der Waals surface area (Å²) in [4.78, 5) is 2.21. The molecular formula is C9H15Cl2NO. The van der Waals surface area contributed by atoms with Crippen LogP contribution in [0.25, 0.3) is 0 Å². The Labute approximate surface area is 89.1 Å². The third-order valence-corrected chi connectivity index (χ3v) is 3.09. The molecule has 0 spiro atoms. The van der Waals surface area contributed by atoms with Crippen LogP contribution in [-0.2, 0) is 0 Å². The Balaban J connectivity index is 2.33. The number of likely N-dealkylation sites (tertiary alicyclic amines) is 1. The standard InChI is InChI=1S/C9H15Cl2NO/c1-7(13)8-2-3-12(5-8)6-9(11)4-10/h4,7-8,13H,2-3,5-6H2,1H3. The summed E-state index contributed by atoms with van der Waals surface area (Å²) >= 11 is 11.3. The van der Waals surface area contributed by atoms with Gasteiger partial charge in [0.25, 0.3) is 0 Å². The van der Waals surface area contributed by atoms with Gasteiger partial charge in [-0.1, -0.05) is 23.2 Å². The molecule has 2 atom stereocenters. The number of hydrogen-bond donors (Lipinski definition) is 1. The van der Waals surface area contributed by atoms with Crippen LogP contribution < -0.4 is 0 Å². The zero-order chi connectivity index (χ0) is 9.84.